The molecule has 0 aromatic carbocycles. The molecule has 94 valence electrons. The summed E-state index contributed by atoms with van der Waals surface area (Å²) in [6.45, 7) is 6.71. The van der Waals surface area contributed by atoms with E-state index in [9.17, 15) is 4.39 Å². The third-order valence-corrected chi connectivity index (χ3v) is 3.90. The molecule has 1 aromatic heterocycles. The zero-order valence-electron chi connectivity index (χ0n) is 10.8. The van der Waals surface area contributed by atoms with Gasteiger partial charge in [0.1, 0.15) is 5.82 Å². The first-order chi connectivity index (χ1) is 7.99. The Hall–Kier alpha value is -0.960. The van der Waals surface area contributed by atoms with Crippen LogP contribution in [0.2, 0.25) is 0 Å². The monoisotopic (exact) mass is 236 g/mol. The Kier molecular flexibility index (Phi) is 3.48. The Morgan fingerprint density at radius 2 is 2.24 bits per heavy atom. The number of pyridine rings is 1. The van der Waals surface area contributed by atoms with Gasteiger partial charge in [0.05, 0.1) is 11.9 Å². The van der Waals surface area contributed by atoms with Gasteiger partial charge in [-0.1, -0.05) is 20.3 Å². The van der Waals surface area contributed by atoms with E-state index in [4.69, 9.17) is 0 Å². The zero-order chi connectivity index (χ0) is 12.5. The van der Waals surface area contributed by atoms with Crippen LogP contribution in [0.1, 0.15) is 51.8 Å². The summed E-state index contributed by atoms with van der Waals surface area (Å²) in [7, 11) is 0. The molecule has 0 bridgehead atoms. The van der Waals surface area contributed by atoms with Gasteiger partial charge >= 0.3 is 0 Å². The van der Waals surface area contributed by atoms with Gasteiger partial charge in [-0.05, 0) is 37.3 Å². The molecule has 0 saturated heterocycles. The number of hydrogen-bond donors (Lipinski definition) is 1. The van der Waals surface area contributed by atoms with Crippen molar-refractivity contribution in [1.82, 2.24) is 10.3 Å². The van der Waals surface area contributed by atoms with Crippen LogP contribution in [0.3, 0.4) is 0 Å². The van der Waals surface area contributed by atoms with Crippen molar-refractivity contribution in [3.63, 3.8) is 0 Å². The van der Waals surface area contributed by atoms with E-state index in [1.54, 1.807) is 6.07 Å². The maximum Gasteiger partial charge on any atom is 0.141 e. The molecular weight excluding hydrogens is 215 g/mol. The molecule has 2 nitrogen and oxygen atoms in total. The first-order valence-corrected chi connectivity index (χ1v) is 6.36. The second-order valence-electron chi connectivity index (χ2n) is 5.72. The van der Waals surface area contributed by atoms with Gasteiger partial charge in [-0.2, -0.15) is 0 Å². The summed E-state index contributed by atoms with van der Waals surface area (Å²) >= 11 is 0. The normalized spacial score (nSPS) is 24.8. The highest BCUT2D eigenvalue weighted by Gasteiger charge is 2.35. The molecule has 1 heterocycles. The molecule has 2 atom stereocenters. The Morgan fingerprint density at radius 1 is 1.47 bits per heavy atom. The molecule has 1 saturated carbocycles. The van der Waals surface area contributed by atoms with Crippen LogP contribution in [0.5, 0.6) is 0 Å². The van der Waals surface area contributed by atoms with Gasteiger partial charge in [-0.15, -0.1) is 0 Å². The molecule has 2 unspecified atom stereocenters. The van der Waals surface area contributed by atoms with Crippen LogP contribution in [0.25, 0.3) is 0 Å². The molecule has 1 aromatic rings. The smallest absolute Gasteiger partial charge is 0.141 e. The molecule has 2 rings (SSSR count). The van der Waals surface area contributed by atoms with Crippen molar-refractivity contribution in [2.24, 2.45) is 5.41 Å². The Labute approximate surface area is 103 Å². The number of aromatic nitrogens is 1. The second-order valence-corrected chi connectivity index (χ2v) is 5.72. The predicted octanol–water partition coefficient (Wildman–Crippen LogP) is 3.45. The van der Waals surface area contributed by atoms with E-state index in [0.29, 0.717) is 11.5 Å². The molecule has 0 amide bonds. The van der Waals surface area contributed by atoms with E-state index in [1.165, 1.54) is 31.5 Å². The predicted molar refractivity (Wildman–Crippen MR) is 67.2 cm³/mol. The lowest BCUT2D eigenvalue weighted by molar-refractivity contribution is 0.265. The van der Waals surface area contributed by atoms with E-state index < -0.39 is 0 Å². The molecule has 1 aliphatic rings. The van der Waals surface area contributed by atoms with Crippen LogP contribution in [0.15, 0.2) is 18.3 Å². The molecule has 3 heteroatoms. The summed E-state index contributed by atoms with van der Waals surface area (Å²) in [4.78, 5) is 4.13. The molecule has 17 heavy (non-hydrogen) atoms. The fraction of sp³-hybridized carbons (Fsp3) is 0.643. The van der Waals surface area contributed by atoms with Crippen LogP contribution >= 0.6 is 0 Å². The minimum atomic E-state index is -0.276. The first kappa shape index (κ1) is 12.5. The lowest BCUT2D eigenvalue weighted by Crippen LogP contribution is -2.39. The van der Waals surface area contributed by atoms with Gasteiger partial charge in [-0.25, -0.2) is 4.39 Å². The average Bonchev–Trinajstić information content (AvgIpc) is 2.59. The highest BCUT2D eigenvalue weighted by atomic mass is 19.1. The van der Waals surface area contributed by atoms with Crippen LogP contribution in [0, 0.1) is 11.2 Å². The highest BCUT2D eigenvalue weighted by molar-refractivity contribution is 5.10. The Bertz CT molecular complexity index is 372. The number of hydrogen-bond acceptors (Lipinski definition) is 2. The van der Waals surface area contributed by atoms with Crippen molar-refractivity contribution in [2.75, 3.05) is 0 Å². The summed E-state index contributed by atoms with van der Waals surface area (Å²) in [5.41, 5.74) is 1.27. The molecule has 0 radical (unpaired) electrons. The lowest BCUT2D eigenvalue weighted by atomic mass is 9.87. The molecule has 1 fully saturated rings. The average molecular weight is 236 g/mol. The van der Waals surface area contributed by atoms with E-state index in [-0.39, 0.29) is 11.9 Å². The molecule has 0 spiro atoms. The molecule has 1 N–H and O–H groups in total. The van der Waals surface area contributed by atoms with Gasteiger partial charge in [0.15, 0.2) is 0 Å². The van der Waals surface area contributed by atoms with Crippen LogP contribution < -0.4 is 5.32 Å². The van der Waals surface area contributed by atoms with Crippen molar-refractivity contribution in [2.45, 2.75) is 52.1 Å². The zero-order valence-corrected chi connectivity index (χ0v) is 10.8. The molecular formula is C14H21FN2. The second kappa shape index (κ2) is 4.73. The van der Waals surface area contributed by atoms with Crippen LogP contribution in [-0.4, -0.2) is 11.0 Å². The van der Waals surface area contributed by atoms with E-state index >= 15 is 0 Å². The Morgan fingerprint density at radius 3 is 2.76 bits per heavy atom. The van der Waals surface area contributed by atoms with E-state index in [1.807, 2.05) is 0 Å². The minimum absolute atomic E-state index is 0.179. The third kappa shape index (κ3) is 2.83. The van der Waals surface area contributed by atoms with Gasteiger partial charge in [0.2, 0.25) is 0 Å². The topological polar surface area (TPSA) is 24.9 Å². The number of nitrogens with one attached hydrogen (secondary N) is 1. The standard InChI is InChI=1S/C14H21FN2/c1-10(12-7-6-11(15)9-16-12)17-13-5-4-8-14(13,2)3/h6-7,9-10,13,17H,4-5,8H2,1-3H3. The summed E-state index contributed by atoms with van der Waals surface area (Å²) < 4.78 is 12.8. The summed E-state index contributed by atoms with van der Waals surface area (Å²) in [5, 5.41) is 3.62. The maximum atomic E-state index is 12.8. The number of nitrogens with zero attached hydrogens (tertiary/aromatic N) is 1. The molecule has 0 aliphatic heterocycles. The summed E-state index contributed by atoms with van der Waals surface area (Å²) in [6.07, 6.45) is 5.06. The Balaban J connectivity index is 2.01. The number of halogens is 1. The fourth-order valence-electron chi connectivity index (χ4n) is 2.67. The SMILES string of the molecule is CC(NC1CCCC1(C)C)c1ccc(F)cn1. The van der Waals surface area contributed by atoms with Gasteiger partial charge < -0.3 is 5.32 Å². The van der Waals surface area contributed by atoms with Gasteiger partial charge in [0, 0.05) is 12.1 Å². The van der Waals surface area contributed by atoms with Crippen molar-refractivity contribution >= 4 is 0 Å². The molecule has 1 aliphatic carbocycles. The van der Waals surface area contributed by atoms with Crippen LogP contribution in [-0.2, 0) is 0 Å². The first-order valence-electron chi connectivity index (χ1n) is 6.36. The summed E-state index contributed by atoms with van der Waals surface area (Å²) in [6, 6.07) is 3.94. The maximum absolute atomic E-state index is 12.8. The van der Waals surface area contributed by atoms with Gasteiger partial charge in [0.25, 0.3) is 0 Å². The van der Waals surface area contributed by atoms with E-state index in [2.05, 4.69) is 31.1 Å². The highest BCUT2D eigenvalue weighted by Crippen LogP contribution is 2.38. The largest absolute Gasteiger partial charge is 0.306 e. The lowest BCUT2D eigenvalue weighted by Gasteiger charge is -2.30. The van der Waals surface area contributed by atoms with Crippen molar-refractivity contribution in [1.29, 1.82) is 0 Å². The quantitative estimate of drug-likeness (QED) is 0.869. The van der Waals surface area contributed by atoms with Crippen molar-refractivity contribution in [3.8, 4) is 0 Å². The number of rotatable bonds is 3. The van der Waals surface area contributed by atoms with Gasteiger partial charge in [-0.3, -0.25) is 4.98 Å². The summed E-state index contributed by atoms with van der Waals surface area (Å²) in [5.74, 6) is -0.276. The third-order valence-electron chi connectivity index (χ3n) is 3.90. The van der Waals surface area contributed by atoms with Crippen molar-refractivity contribution in [3.05, 3.63) is 29.8 Å². The minimum Gasteiger partial charge on any atom is -0.306 e. The van der Waals surface area contributed by atoms with Crippen molar-refractivity contribution < 1.29 is 4.39 Å². The van der Waals surface area contributed by atoms with Crippen LogP contribution in [0.4, 0.5) is 4.39 Å². The fourth-order valence-corrected chi connectivity index (χ4v) is 2.67. The van der Waals surface area contributed by atoms with E-state index in [0.717, 1.165) is 5.69 Å².